The normalized spacial score (nSPS) is 16.5. The van der Waals surface area contributed by atoms with Gasteiger partial charge in [0.25, 0.3) is 0 Å². The van der Waals surface area contributed by atoms with Crippen LogP contribution in [0, 0.1) is 11.7 Å². The summed E-state index contributed by atoms with van der Waals surface area (Å²) in [6, 6.07) is 5.67. The van der Waals surface area contributed by atoms with Crippen LogP contribution in [0.1, 0.15) is 36.5 Å². The fraction of sp³-hybridized carbons (Fsp3) is 0.529. The molecular weight excluding hydrogens is 283 g/mol. The first kappa shape index (κ1) is 16.6. The number of likely N-dealkylation sites (tertiary alicyclic amines) is 1. The number of hydrogen-bond donors (Lipinski definition) is 1. The number of halogens is 1. The smallest absolute Gasteiger partial charge is 0.223 e. The van der Waals surface area contributed by atoms with Gasteiger partial charge in [0.2, 0.25) is 5.91 Å². The number of carbonyl (C=O) groups is 2. The molecule has 1 aliphatic heterocycles. The third-order valence-electron chi connectivity index (χ3n) is 4.13. The summed E-state index contributed by atoms with van der Waals surface area (Å²) < 4.78 is 12.8. The second kappa shape index (κ2) is 8.03. The van der Waals surface area contributed by atoms with Gasteiger partial charge in [-0.1, -0.05) is 0 Å². The van der Waals surface area contributed by atoms with Crippen LogP contribution in [0.4, 0.5) is 4.39 Å². The molecule has 0 spiro atoms. The van der Waals surface area contributed by atoms with Crippen molar-refractivity contribution in [3.05, 3.63) is 35.6 Å². The molecule has 4 nitrogen and oxygen atoms in total. The lowest BCUT2D eigenvalue weighted by atomic mass is 9.95. The van der Waals surface area contributed by atoms with E-state index in [4.69, 9.17) is 0 Å². The van der Waals surface area contributed by atoms with Gasteiger partial charge in [0, 0.05) is 31.0 Å². The van der Waals surface area contributed by atoms with Crippen LogP contribution >= 0.6 is 0 Å². The molecule has 0 aromatic heterocycles. The van der Waals surface area contributed by atoms with E-state index in [0.29, 0.717) is 25.1 Å². The molecule has 120 valence electrons. The molecular formula is C17H23FN2O2. The largest absolute Gasteiger partial charge is 0.356 e. The first-order valence-electron chi connectivity index (χ1n) is 7.89. The Balaban J connectivity index is 1.73. The summed E-state index contributed by atoms with van der Waals surface area (Å²) in [6.45, 7) is 4.98. The second-order valence-electron chi connectivity index (χ2n) is 5.69. The summed E-state index contributed by atoms with van der Waals surface area (Å²) in [5, 5.41) is 2.86. The average molecular weight is 306 g/mol. The van der Waals surface area contributed by atoms with Crippen molar-refractivity contribution in [3.63, 3.8) is 0 Å². The Kier molecular flexibility index (Phi) is 6.07. The van der Waals surface area contributed by atoms with Crippen molar-refractivity contribution < 1.29 is 14.0 Å². The molecule has 1 aliphatic rings. The van der Waals surface area contributed by atoms with Gasteiger partial charge in [-0.05, 0) is 57.1 Å². The molecule has 1 aromatic rings. The number of Topliss-reactive ketones (excluding diaryl/α,β-unsaturated/α-hetero) is 1. The van der Waals surface area contributed by atoms with E-state index in [-0.39, 0.29) is 23.4 Å². The highest BCUT2D eigenvalue weighted by Crippen LogP contribution is 2.18. The molecule has 0 atom stereocenters. The van der Waals surface area contributed by atoms with E-state index in [1.807, 2.05) is 6.92 Å². The molecule has 0 radical (unpaired) electrons. The molecule has 2 rings (SSSR count). The highest BCUT2D eigenvalue weighted by Gasteiger charge is 2.24. The van der Waals surface area contributed by atoms with Crippen LogP contribution in [0.15, 0.2) is 24.3 Å². The van der Waals surface area contributed by atoms with E-state index < -0.39 is 0 Å². The van der Waals surface area contributed by atoms with Gasteiger partial charge in [-0.25, -0.2) is 4.39 Å². The van der Waals surface area contributed by atoms with Crippen LogP contribution < -0.4 is 5.32 Å². The first-order valence-corrected chi connectivity index (χ1v) is 7.89. The minimum Gasteiger partial charge on any atom is -0.356 e. The molecule has 1 fully saturated rings. The van der Waals surface area contributed by atoms with Gasteiger partial charge in [-0.15, -0.1) is 0 Å². The van der Waals surface area contributed by atoms with Gasteiger partial charge in [0.05, 0.1) is 0 Å². The number of hydrogen-bond acceptors (Lipinski definition) is 3. The van der Waals surface area contributed by atoms with E-state index in [9.17, 15) is 14.0 Å². The Hall–Kier alpha value is -1.75. The molecule has 0 unspecified atom stereocenters. The lowest BCUT2D eigenvalue weighted by molar-refractivity contribution is -0.126. The molecule has 0 saturated carbocycles. The number of piperidine rings is 1. The lowest BCUT2D eigenvalue weighted by Crippen LogP contribution is -2.41. The van der Waals surface area contributed by atoms with Crippen molar-refractivity contribution in [2.24, 2.45) is 5.92 Å². The lowest BCUT2D eigenvalue weighted by Gasteiger charge is -2.31. The molecule has 1 heterocycles. The summed E-state index contributed by atoms with van der Waals surface area (Å²) >= 11 is 0. The van der Waals surface area contributed by atoms with Crippen LogP contribution in [-0.4, -0.2) is 42.8 Å². The summed E-state index contributed by atoms with van der Waals surface area (Å²) in [5.41, 5.74) is 0.554. The van der Waals surface area contributed by atoms with E-state index in [1.165, 1.54) is 24.3 Å². The molecule has 5 heteroatoms. The Bertz CT molecular complexity index is 508. The van der Waals surface area contributed by atoms with Gasteiger partial charge in [0.1, 0.15) is 5.82 Å². The zero-order chi connectivity index (χ0) is 15.9. The van der Waals surface area contributed by atoms with Gasteiger partial charge < -0.3 is 10.2 Å². The van der Waals surface area contributed by atoms with Crippen molar-refractivity contribution in [3.8, 4) is 0 Å². The molecule has 22 heavy (non-hydrogen) atoms. The molecule has 1 saturated heterocycles. The summed E-state index contributed by atoms with van der Waals surface area (Å²) in [7, 11) is 0. The van der Waals surface area contributed by atoms with E-state index in [2.05, 4.69) is 10.2 Å². The van der Waals surface area contributed by atoms with Crippen LogP contribution in [0.3, 0.4) is 0 Å². The third-order valence-corrected chi connectivity index (χ3v) is 4.13. The molecule has 1 N–H and O–H groups in total. The predicted octanol–water partition coefficient (Wildman–Crippen LogP) is 2.25. The van der Waals surface area contributed by atoms with Gasteiger partial charge in [0.15, 0.2) is 5.78 Å². The third kappa shape index (κ3) is 4.63. The molecule has 0 aliphatic carbocycles. The predicted molar refractivity (Wildman–Crippen MR) is 83.2 cm³/mol. The minimum atomic E-state index is -0.330. The van der Waals surface area contributed by atoms with Crippen molar-refractivity contribution >= 4 is 11.7 Å². The fourth-order valence-corrected chi connectivity index (χ4v) is 2.78. The van der Waals surface area contributed by atoms with Crippen molar-refractivity contribution in [1.29, 1.82) is 0 Å². The Labute approximate surface area is 130 Å². The SMILES string of the molecule is CCNC(=O)C1CCN(CCC(=O)c2ccc(F)cc2)CC1. The molecule has 1 aromatic carbocycles. The second-order valence-corrected chi connectivity index (χ2v) is 5.69. The molecule has 1 amide bonds. The van der Waals surface area contributed by atoms with Crippen LogP contribution in [-0.2, 0) is 4.79 Å². The fourth-order valence-electron chi connectivity index (χ4n) is 2.78. The van der Waals surface area contributed by atoms with E-state index >= 15 is 0 Å². The van der Waals surface area contributed by atoms with Gasteiger partial charge in [-0.3, -0.25) is 9.59 Å². The zero-order valence-corrected chi connectivity index (χ0v) is 13.0. The highest BCUT2D eigenvalue weighted by atomic mass is 19.1. The number of ketones is 1. The Morgan fingerprint density at radius 1 is 1.23 bits per heavy atom. The van der Waals surface area contributed by atoms with Crippen molar-refractivity contribution in [2.45, 2.75) is 26.2 Å². The van der Waals surface area contributed by atoms with Crippen LogP contribution in [0.2, 0.25) is 0 Å². The van der Waals surface area contributed by atoms with E-state index in [1.54, 1.807) is 0 Å². The maximum atomic E-state index is 12.8. The average Bonchev–Trinajstić information content (AvgIpc) is 2.54. The van der Waals surface area contributed by atoms with Gasteiger partial charge in [-0.2, -0.15) is 0 Å². The number of benzene rings is 1. The maximum Gasteiger partial charge on any atom is 0.223 e. The minimum absolute atomic E-state index is 0.0332. The van der Waals surface area contributed by atoms with Crippen LogP contribution in [0.25, 0.3) is 0 Å². The standard InChI is InChI=1S/C17H23FN2O2/c1-2-19-17(22)14-7-10-20(11-8-14)12-9-16(21)13-3-5-15(18)6-4-13/h3-6,14H,2,7-12H2,1H3,(H,19,22). The maximum absolute atomic E-state index is 12.8. The topological polar surface area (TPSA) is 49.4 Å². The molecule has 0 bridgehead atoms. The van der Waals surface area contributed by atoms with Crippen molar-refractivity contribution in [2.75, 3.05) is 26.2 Å². The van der Waals surface area contributed by atoms with Crippen LogP contribution in [0.5, 0.6) is 0 Å². The summed E-state index contributed by atoms with van der Waals surface area (Å²) in [5.74, 6) is -0.0524. The number of rotatable bonds is 6. The monoisotopic (exact) mass is 306 g/mol. The zero-order valence-electron chi connectivity index (χ0n) is 13.0. The first-order chi connectivity index (χ1) is 10.6. The van der Waals surface area contributed by atoms with Crippen molar-refractivity contribution in [1.82, 2.24) is 10.2 Å². The number of amides is 1. The quantitative estimate of drug-likeness (QED) is 0.820. The Morgan fingerprint density at radius 2 is 1.86 bits per heavy atom. The number of nitrogens with one attached hydrogen (secondary N) is 1. The highest BCUT2D eigenvalue weighted by molar-refractivity contribution is 5.96. The summed E-state index contributed by atoms with van der Waals surface area (Å²) in [4.78, 5) is 26.0. The Morgan fingerprint density at radius 3 is 2.45 bits per heavy atom. The van der Waals surface area contributed by atoms with E-state index in [0.717, 1.165) is 25.9 Å². The van der Waals surface area contributed by atoms with Gasteiger partial charge >= 0.3 is 0 Å². The summed E-state index contributed by atoms with van der Waals surface area (Å²) in [6.07, 6.45) is 2.12. The number of carbonyl (C=O) groups excluding carboxylic acids is 2. The number of nitrogens with zero attached hydrogens (tertiary/aromatic N) is 1.